The van der Waals surface area contributed by atoms with E-state index in [1.807, 2.05) is 68.4 Å². The second kappa shape index (κ2) is 9.77. The Hall–Kier alpha value is -4.26. The molecule has 0 fully saturated rings. The molecule has 0 unspecified atom stereocenters. The van der Waals surface area contributed by atoms with Crippen LogP contribution in [-0.4, -0.2) is 28.8 Å². The molecule has 0 saturated carbocycles. The van der Waals surface area contributed by atoms with E-state index in [2.05, 4.69) is 20.6 Å². The van der Waals surface area contributed by atoms with Gasteiger partial charge in [-0.1, -0.05) is 24.3 Å². The number of nitrogens with one attached hydrogen (secondary N) is 2. The van der Waals surface area contributed by atoms with Crippen LogP contribution in [0.4, 0.5) is 5.82 Å². The first kappa shape index (κ1) is 23.5. The molecule has 1 aromatic carbocycles. The van der Waals surface area contributed by atoms with Crippen LogP contribution in [0.1, 0.15) is 48.6 Å². The predicted molar refractivity (Wildman–Crippen MR) is 137 cm³/mol. The third kappa shape index (κ3) is 4.52. The quantitative estimate of drug-likeness (QED) is 0.545. The number of hydrogen-bond donors (Lipinski definition) is 2. The third-order valence-corrected chi connectivity index (χ3v) is 6.77. The molecule has 0 radical (unpaired) electrons. The number of aryl methyl sites for hydroxylation is 1. The van der Waals surface area contributed by atoms with E-state index in [0.717, 1.165) is 22.7 Å². The summed E-state index contributed by atoms with van der Waals surface area (Å²) in [6.07, 6.45) is 2.73. The minimum atomic E-state index is -0.559. The lowest BCUT2D eigenvalue weighted by molar-refractivity contribution is -0.116. The largest absolute Gasteiger partial charge is 0.497 e. The summed E-state index contributed by atoms with van der Waals surface area (Å²) in [5.74, 6) is 0.450. The van der Waals surface area contributed by atoms with Gasteiger partial charge in [-0.25, -0.2) is 4.98 Å². The van der Waals surface area contributed by atoms with Crippen LogP contribution in [0.3, 0.4) is 0 Å². The summed E-state index contributed by atoms with van der Waals surface area (Å²) in [5.41, 5.74) is 5.22. The number of Topliss-reactive ketones (excluding diaryl/α,β-unsaturated/α-hetero) is 1. The maximum Gasteiger partial charge on any atom is 0.255 e. The average Bonchev–Trinajstić information content (AvgIpc) is 2.88. The smallest absolute Gasteiger partial charge is 0.255 e. The maximum absolute atomic E-state index is 13.7. The zero-order chi connectivity index (χ0) is 25.2. The molecule has 0 saturated heterocycles. The van der Waals surface area contributed by atoms with Crippen LogP contribution in [0, 0.1) is 6.92 Å². The van der Waals surface area contributed by atoms with Gasteiger partial charge >= 0.3 is 0 Å². The van der Waals surface area contributed by atoms with Gasteiger partial charge in [0.25, 0.3) is 5.91 Å². The predicted octanol–water partition coefficient (Wildman–Crippen LogP) is 4.79. The Balaban J connectivity index is 1.52. The van der Waals surface area contributed by atoms with Gasteiger partial charge in [0.1, 0.15) is 11.6 Å². The van der Waals surface area contributed by atoms with Gasteiger partial charge in [-0.2, -0.15) is 0 Å². The molecular formula is C29H28N4O3. The summed E-state index contributed by atoms with van der Waals surface area (Å²) in [6, 6.07) is 18.9. The molecule has 3 aromatic rings. The van der Waals surface area contributed by atoms with E-state index in [9.17, 15) is 9.59 Å². The molecule has 2 aliphatic rings. The van der Waals surface area contributed by atoms with Crippen molar-refractivity contribution in [3.8, 4) is 5.75 Å². The van der Waals surface area contributed by atoms with Crippen LogP contribution in [-0.2, 0) is 9.59 Å². The molecule has 5 rings (SSSR count). The van der Waals surface area contributed by atoms with Gasteiger partial charge in [-0.3, -0.25) is 14.6 Å². The number of dihydropyridines is 1. The molecule has 1 amide bonds. The van der Waals surface area contributed by atoms with E-state index in [0.29, 0.717) is 41.2 Å². The average molecular weight is 481 g/mol. The Morgan fingerprint density at radius 3 is 2.53 bits per heavy atom. The molecule has 3 heterocycles. The number of allylic oxidation sites excluding steroid dienone is 3. The highest BCUT2D eigenvalue weighted by molar-refractivity contribution is 6.09. The van der Waals surface area contributed by atoms with Gasteiger partial charge in [0.2, 0.25) is 0 Å². The number of aromatic nitrogens is 2. The van der Waals surface area contributed by atoms with Crippen molar-refractivity contribution in [2.45, 2.75) is 38.5 Å². The number of rotatable bonds is 5. The summed E-state index contributed by atoms with van der Waals surface area (Å²) >= 11 is 0. The van der Waals surface area contributed by atoms with Crippen molar-refractivity contribution in [2.24, 2.45) is 0 Å². The first-order valence-electron chi connectivity index (χ1n) is 12.0. The highest BCUT2D eigenvalue weighted by atomic mass is 16.5. The van der Waals surface area contributed by atoms with Gasteiger partial charge in [0.05, 0.1) is 18.7 Å². The Bertz CT molecular complexity index is 1380. The number of nitrogens with zero attached hydrogens (tertiary/aromatic N) is 2. The zero-order valence-corrected chi connectivity index (χ0v) is 20.5. The van der Waals surface area contributed by atoms with Crippen LogP contribution < -0.4 is 15.4 Å². The number of carbonyl (C=O) groups is 2. The second-order valence-corrected chi connectivity index (χ2v) is 9.16. The fraction of sp³-hybridized carbons (Fsp3) is 0.241. The van der Waals surface area contributed by atoms with E-state index in [4.69, 9.17) is 4.74 Å². The molecule has 1 aliphatic heterocycles. The van der Waals surface area contributed by atoms with Crippen molar-refractivity contribution >= 4 is 17.5 Å². The number of amides is 1. The first-order valence-corrected chi connectivity index (χ1v) is 12.0. The van der Waals surface area contributed by atoms with E-state index < -0.39 is 5.92 Å². The van der Waals surface area contributed by atoms with Gasteiger partial charge < -0.3 is 15.4 Å². The lowest BCUT2D eigenvalue weighted by Gasteiger charge is -2.36. The number of anilines is 1. The topological polar surface area (TPSA) is 93.2 Å². The third-order valence-electron chi connectivity index (χ3n) is 6.77. The van der Waals surface area contributed by atoms with Crippen LogP contribution in [0.25, 0.3) is 0 Å². The fourth-order valence-corrected chi connectivity index (χ4v) is 5.09. The molecule has 0 spiro atoms. The van der Waals surface area contributed by atoms with E-state index >= 15 is 0 Å². The molecule has 2 aromatic heterocycles. The van der Waals surface area contributed by atoms with E-state index in [1.54, 1.807) is 19.4 Å². The van der Waals surface area contributed by atoms with Crippen molar-refractivity contribution in [3.63, 3.8) is 0 Å². The highest BCUT2D eigenvalue weighted by Crippen LogP contribution is 2.45. The zero-order valence-electron chi connectivity index (χ0n) is 20.5. The standard InChI is InChI=1S/C29H28N4O3/c1-17-7-6-9-25(31-17)33-29(35)26-18(2)32-23-15-20(19-10-12-21(36-3)13-11-19)16-24(34)27(23)28(26)22-8-4-5-14-30-22/h4-14,20,28,32H,15-16H2,1-3H3,(H,31,33,35)/t20-,28+/m0/s1. The van der Waals surface area contributed by atoms with Gasteiger partial charge in [-0.05, 0) is 68.1 Å². The van der Waals surface area contributed by atoms with Crippen molar-refractivity contribution in [2.75, 3.05) is 12.4 Å². The van der Waals surface area contributed by atoms with Gasteiger partial charge in [-0.15, -0.1) is 0 Å². The van der Waals surface area contributed by atoms with Crippen molar-refractivity contribution in [3.05, 3.63) is 106 Å². The molecule has 2 N–H and O–H groups in total. The lowest BCUT2D eigenvalue weighted by Crippen LogP contribution is -2.37. The molecular weight excluding hydrogens is 452 g/mol. The Kier molecular flexibility index (Phi) is 6.38. The van der Waals surface area contributed by atoms with Crippen LogP contribution >= 0.6 is 0 Å². The maximum atomic E-state index is 13.7. The summed E-state index contributed by atoms with van der Waals surface area (Å²) in [5, 5.41) is 6.32. The fourth-order valence-electron chi connectivity index (χ4n) is 5.09. The van der Waals surface area contributed by atoms with Gasteiger partial charge in [0.15, 0.2) is 5.78 Å². The SMILES string of the molecule is COc1ccc([C@@H]2CC(=O)C3=C(C2)NC(C)=C(C(=O)Nc2cccc(C)n2)[C@H]3c2ccccn2)cc1. The van der Waals surface area contributed by atoms with Crippen LogP contribution in [0.5, 0.6) is 5.75 Å². The summed E-state index contributed by atoms with van der Waals surface area (Å²) in [7, 11) is 1.64. The van der Waals surface area contributed by atoms with Crippen molar-refractivity contribution in [1.29, 1.82) is 0 Å². The van der Waals surface area contributed by atoms with Crippen LogP contribution in [0.15, 0.2) is 89.4 Å². The normalized spacial score (nSPS) is 19.5. The minimum absolute atomic E-state index is 0.0201. The summed E-state index contributed by atoms with van der Waals surface area (Å²) < 4.78 is 5.28. The molecule has 0 bridgehead atoms. The number of methoxy groups -OCH3 is 1. The van der Waals surface area contributed by atoms with E-state index in [-0.39, 0.29) is 17.6 Å². The molecule has 2 atom stereocenters. The Labute approximate surface area is 210 Å². The number of benzene rings is 1. The molecule has 182 valence electrons. The Morgan fingerprint density at radius 2 is 1.83 bits per heavy atom. The second-order valence-electron chi connectivity index (χ2n) is 9.16. The number of pyridine rings is 2. The molecule has 7 nitrogen and oxygen atoms in total. The highest BCUT2D eigenvalue weighted by Gasteiger charge is 2.41. The van der Waals surface area contributed by atoms with E-state index in [1.165, 1.54) is 0 Å². The number of hydrogen-bond acceptors (Lipinski definition) is 6. The minimum Gasteiger partial charge on any atom is -0.497 e. The van der Waals surface area contributed by atoms with Crippen LogP contribution in [0.2, 0.25) is 0 Å². The van der Waals surface area contributed by atoms with Gasteiger partial charge in [0, 0.05) is 40.9 Å². The molecule has 1 aliphatic carbocycles. The summed E-state index contributed by atoms with van der Waals surface area (Å²) in [4.78, 5) is 36.2. The molecule has 7 heteroatoms. The summed E-state index contributed by atoms with van der Waals surface area (Å²) in [6.45, 7) is 3.75. The molecule has 36 heavy (non-hydrogen) atoms. The Morgan fingerprint density at radius 1 is 1.03 bits per heavy atom. The number of carbonyl (C=O) groups excluding carboxylic acids is 2. The van der Waals surface area contributed by atoms with Crippen molar-refractivity contribution in [1.82, 2.24) is 15.3 Å². The number of ether oxygens (including phenoxy) is 1. The van der Waals surface area contributed by atoms with Crippen molar-refractivity contribution < 1.29 is 14.3 Å². The first-order chi connectivity index (χ1) is 17.4. The monoisotopic (exact) mass is 480 g/mol. The lowest BCUT2D eigenvalue weighted by atomic mass is 9.72. The number of ketones is 1.